The number of phenolic OH excluding ortho intramolecular Hbond substituents is 1. The van der Waals surface area contributed by atoms with Crippen molar-refractivity contribution in [2.24, 2.45) is 0 Å². The lowest BCUT2D eigenvalue weighted by Gasteiger charge is -2.20. The van der Waals surface area contributed by atoms with E-state index in [0.717, 1.165) is 3.57 Å². The van der Waals surface area contributed by atoms with Gasteiger partial charge in [0, 0.05) is 16.7 Å². The summed E-state index contributed by atoms with van der Waals surface area (Å²) in [5.41, 5.74) is 0.203. The molecule has 98 valence electrons. The Hall–Kier alpha value is -1.31. The van der Waals surface area contributed by atoms with Crippen molar-refractivity contribution in [1.29, 1.82) is 0 Å². The van der Waals surface area contributed by atoms with Gasteiger partial charge in [0.15, 0.2) is 0 Å². The standard InChI is InChI=1S/C12H14INO4/c1-2-14(6-5-11(16)17)12(18)9-7-8(13)3-4-10(9)15/h3-4,7,15H,2,5-6H2,1H3,(H,16,17). The maximum absolute atomic E-state index is 12.1. The van der Waals surface area contributed by atoms with Crippen LogP contribution >= 0.6 is 22.6 Å². The lowest BCUT2D eigenvalue weighted by atomic mass is 10.1. The van der Waals surface area contributed by atoms with Crippen molar-refractivity contribution in [2.75, 3.05) is 13.1 Å². The molecule has 5 nitrogen and oxygen atoms in total. The van der Waals surface area contributed by atoms with Crippen LogP contribution < -0.4 is 0 Å². The Morgan fingerprint density at radius 1 is 1.39 bits per heavy atom. The molecule has 0 unspecified atom stereocenters. The van der Waals surface area contributed by atoms with Crippen LogP contribution in [0.2, 0.25) is 0 Å². The number of halogens is 1. The Morgan fingerprint density at radius 2 is 2.06 bits per heavy atom. The summed E-state index contributed by atoms with van der Waals surface area (Å²) in [5.74, 6) is -1.39. The van der Waals surface area contributed by atoms with Crippen molar-refractivity contribution in [3.05, 3.63) is 27.3 Å². The van der Waals surface area contributed by atoms with E-state index in [4.69, 9.17) is 5.11 Å². The Kier molecular flexibility index (Phi) is 5.39. The molecular formula is C12H14INO4. The van der Waals surface area contributed by atoms with E-state index in [0.29, 0.717) is 6.54 Å². The van der Waals surface area contributed by atoms with E-state index >= 15 is 0 Å². The molecule has 0 heterocycles. The molecule has 0 saturated heterocycles. The van der Waals surface area contributed by atoms with Crippen LogP contribution in [0.25, 0.3) is 0 Å². The van der Waals surface area contributed by atoms with Crippen LogP contribution in [0.4, 0.5) is 0 Å². The SMILES string of the molecule is CCN(CCC(=O)O)C(=O)c1cc(I)ccc1O. The zero-order chi connectivity index (χ0) is 13.7. The number of nitrogens with zero attached hydrogens (tertiary/aromatic N) is 1. The van der Waals surface area contributed by atoms with Gasteiger partial charge >= 0.3 is 5.97 Å². The van der Waals surface area contributed by atoms with Gasteiger partial charge in [0.05, 0.1) is 12.0 Å². The third-order valence-electron chi connectivity index (χ3n) is 2.45. The van der Waals surface area contributed by atoms with Crippen LogP contribution in [0.15, 0.2) is 18.2 Å². The smallest absolute Gasteiger partial charge is 0.305 e. The zero-order valence-electron chi connectivity index (χ0n) is 9.89. The molecule has 0 spiro atoms. The summed E-state index contributed by atoms with van der Waals surface area (Å²) in [6.45, 7) is 2.30. The molecule has 0 aliphatic rings. The number of carboxylic acid groups (broad SMARTS) is 1. The van der Waals surface area contributed by atoms with Crippen LogP contribution in [-0.4, -0.2) is 40.1 Å². The van der Waals surface area contributed by atoms with Crippen LogP contribution in [0, 0.1) is 3.57 Å². The lowest BCUT2D eigenvalue weighted by molar-refractivity contribution is -0.137. The fourth-order valence-corrected chi connectivity index (χ4v) is 1.97. The number of hydrogen-bond donors (Lipinski definition) is 2. The number of aliphatic carboxylic acids is 1. The van der Waals surface area contributed by atoms with E-state index in [9.17, 15) is 14.7 Å². The fraction of sp³-hybridized carbons (Fsp3) is 0.333. The maximum atomic E-state index is 12.1. The maximum Gasteiger partial charge on any atom is 0.305 e. The molecule has 0 radical (unpaired) electrons. The average molecular weight is 363 g/mol. The van der Waals surface area contributed by atoms with E-state index in [1.807, 2.05) is 22.6 Å². The quantitative estimate of drug-likeness (QED) is 0.784. The summed E-state index contributed by atoms with van der Waals surface area (Å²) < 4.78 is 0.836. The molecule has 0 saturated carbocycles. The molecule has 0 aromatic heterocycles. The number of hydrogen-bond acceptors (Lipinski definition) is 3. The van der Waals surface area contributed by atoms with E-state index in [1.165, 1.54) is 11.0 Å². The highest BCUT2D eigenvalue weighted by Gasteiger charge is 2.18. The molecular weight excluding hydrogens is 349 g/mol. The number of carbonyl (C=O) groups excluding carboxylic acids is 1. The second-order valence-electron chi connectivity index (χ2n) is 3.69. The molecule has 0 atom stereocenters. The first-order chi connectivity index (χ1) is 8.45. The van der Waals surface area contributed by atoms with Crippen molar-refractivity contribution >= 4 is 34.5 Å². The second-order valence-corrected chi connectivity index (χ2v) is 4.94. The van der Waals surface area contributed by atoms with Gasteiger partial charge in [-0.05, 0) is 47.7 Å². The largest absolute Gasteiger partial charge is 0.507 e. The van der Waals surface area contributed by atoms with Crippen molar-refractivity contribution in [3.8, 4) is 5.75 Å². The Balaban J connectivity index is 2.89. The first-order valence-corrected chi connectivity index (χ1v) is 6.53. The summed E-state index contributed by atoms with van der Waals surface area (Å²) in [6, 6.07) is 4.74. The molecule has 0 fully saturated rings. The molecule has 2 N–H and O–H groups in total. The summed E-state index contributed by atoms with van der Waals surface area (Å²) >= 11 is 2.05. The van der Waals surface area contributed by atoms with Gasteiger partial charge in [-0.3, -0.25) is 9.59 Å². The van der Waals surface area contributed by atoms with E-state index in [2.05, 4.69) is 0 Å². The van der Waals surface area contributed by atoms with Crippen molar-refractivity contribution in [2.45, 2.75) is 13.3 Å². The highest BCUT2D eigenvalue weighted by Crippen LogP contribution is 2.21. The average Bonchev–Trinajstić information content (AvgIpc) is 2.32. The molecule has 0 aliphatic heterocycles. The number of benzene rings is 1. The summed E-state index contributed by atoms with van der Waals surface area (Å²) in [4.78, 5) is 24.0. The molecule has 1 aromatic carbocycles. The molecule has 6 heteroatoms. The topological polar surface area (TPSA) is 77.8 Å². The minimum atomic E-state index is -0.951. The summed E-state index contributed by atoms with van der Waals surface area (Å²) in [6.07, 6.45) is -0.107. The van der Waals surface area contributed by atoms with Crippen molar-refractivity contribution in [3.63, 3.8) is 0 Å². The highest BCUT2D eigenvalue weighted by molar-refractivity contribution is 14.1. The lowest BCUT2D eigenvalue weighted by Crippen LogP contribution is -2.32. The Labute approximate surface area is 119 Å². The van der Waals surface area contributed by atoms with Gasteiger partial charge in [0.2, 0.25) is 0 Å². The molecule has 1 aromatic rings. The van der Waals surface area contributed by atoms with E-state index < -0.39 is 5.97 Å². The zero-order valence-corrected chi connectivity index (χ0v) is 12.0. The summed E-state index contributed by atoms with van der Waals surface area (Å²) in [5, 5.41) is 18.3. The van der Waals surface area contributed by atoms with Gasteiger partial charge in [0.25, 0.3) is 5.91 Å². The van der Waals surface area contributed by atoms with Gasteiger partial charge in [0.1, 0.15) is 5.75 Å². The first-order valence-electron chi connectivity index (χ1n) is 5.45. The third kappa shape index (κ3) is 3.86. The number of rotatable bonds is 5. The first kappa shape index (κ1) is 14.7. The third-order valence-corrected chi connectivity index (χ3v) is 3.12. The van der Waals surface area contributed by atoms with Gasteiger partial charge in [-0.15, -0.1) is 0 Å². The minimum absolute atomic E-state index is 0.0887. The van der Waals surface area contributed by atoms with Gasteiger partial charge in [-0.2, -0.15) is 0 Å². The number of carboxylic acids is 1. The highest BCUT2D eigenvalue weighted by atomic mass is 127. The van der Waals surface area contributed by atoms with E-state index in [1.54, 1.807) is 19.1 Å². The predicted molar refractivity (Wildman–Crippen MR) is 74.7 cm³/mol. The van der Waals surface area contributed by atoms with Crippen LogP contribution in [0.1, 0.15) is 23.7 Å². The molecule has 0 aliphatic carbocycles. The molecule has 1 rings (SSSR count). The normalized spacial score (nSPS) is 10.1. The minimum Gasteiger partial charge on any atom is -0.507 e. The van der Waals surface area contributed by atoms with Gasteiger partial charge in [-0.25, -0.2) is 0 Å². The monoisotopic (exact) mass is 363 g/mol. The van der Waals surface area contributed by atoms with Crippen molar-refractivity contribution in [1.82, 2.24) is 4.90 Å². The molecule has 18 heavy (non-hydrogen) atoms. The van der Waals surface area contributed by atoms with Crippen molar-refractivity contribution < 1.29 is 19.8 Å². The van der Waals surface area contributed by atoms with Crippen LogP contribution in [0.3, 0.4) is 0 Å². The van der Waals surface area contributed by atoms with Gasteiger partial charge in [-0.1, -0.05) is 0 Å². The van der Waals surface area contributed by atoms with E-state index in [-0.39, 0.29) is 30.2 Å². The van der Waals surface area contributed by atoms with Crippen LogP contribution in [-0.2, 0) is 4.79 Å². The number of aromatic hydroxyl groups is 1. The molecule has 1 amide bonds. The van der Waals surface area contributed by atoms with Gasteiger partial charge < -0.3 is 15.1 Å². The van der Waals surface area contributed by atoms with Crippen LogP contribution in [0.5, 0.6) is 5.75 Å². The molecule has 0 bridgehead atoms. The Morgan fingerprint density at radius 3 is 2.61 bits per heavy atom. The summed E-state index contributed by atoms with van der Waals surface area (Å²) in [7, 11) is 0. The predicted octanol–water partition coefficient (Wildman–Crippen LogP) is 1.93. The Bertz CT molecular complexity index is 461. The number of phenols is 1. The number of carbonyl (C=O) groups is 2. The second kappa shape index (κ2) is 6.58. The fourth-order valence-electron chi connectivity index (χ4n) is 1.48. The number of amides is 1.